The van der Waals surface area contributed by atoms with Crippen LogP contribution in [0.15, 0.2) is 29.6 Å². The lowest BCUT2D eigenvalue weighted by atomic mass is 10.2. The van der Waals surface area contributed by atoms with Crippen molar-refractivity contribution in [2.45, 2.75) is 13.0 Å². The van der Waals surface area contributed by atoms with Crippen LogP contribution in [0.2, 0.25) is 0 Å². The van der Waals surface area contributed by atoms with Crippen molar-refractivity contribution >= 4 is 17.0 Å². The number of thiophene rings is 1. The highest BCUT2D eigenvalue weighted by molar-refractivity contribution is 7.10. The molecule has 0 fully saturated rings. The van der Waals surface area contributed by atoms with Gasteiger partial charge in [0, 0.05) is 17.0 Å². The molecule has 1 N–H and O–H groups in total. The fourth-order valence-corrected chi connectivity index (χ4v) is 2.24. The molecule has 5 heteroatoms. The molecule has 0 aliphatic rings. The second kappa shape index (κ2) is 4.79. The molecule has 2 rings (SSSR count). The number of hydrogen-bond acceptors (Lipinski definition) is 2. The van der Waals surface area contributed by atoms with Crippen LogP contribution < -0.4 is 5.32 Å². The van der Waals surface area contributed by atoms with Gasteiger partial charge >= 0.3 is 0 Å². The SMILES string of the molecule is CC(Nc1cc(F)cc(F)c1F)c1cccs1. The van der Waals surface area contributed by atoms with Crippen LogP contribution in [-0.2, 0) is 0 Å². The highest BCUT2D eigenvalue weighted by atomic mass is 32.1. The molecule has 1 atom stereocenters. The number of halogens is 3. The van der Waals surface area contributed by atoms with E-state index in [4.69, 9.17) is 0 Å². The standard InChI is InChI=1S/C12H10F3NS/c1-7(11-3-2-4-17-11)16-10-6-8(13)5-9(14)12(10)15/h2-7,16H,1H3. The lowest BCUT2D eigenvalue weighted by Gasteiger charge is -2.14. The summed E-state index contributed by atoms with van der Waals surface area (Å²) in [7, 11) is 0. The Bertz CT molecular complexity index is 511. The molecule has 90 valence electrons. The third-order valence-electron chi connectivity index (χ3n) is 2.33. The maximum atomic E-state index is 13.4. The molecule has 1 aromatic carbocycles. The normalized spacial score (nSPS) is 12.5. The topological polar surface area (TPSA) is 12.0 Å². The summed E-state index contributed by atoms with van der Waals surface area (Å²) < 4.78 is 39.3. The largest absolute Gasteiger partial charge is 0.375 e. The van der Waals surface area contributed by atoms with Crippen LogP contribution in [0.5, 0.6) is 0 Å². The third-order valence-corrected chi connectivity index (χ3v) is 3.39. The molecular weight excluding hydrogens is 247 g/mol. The Morgan fingerprint density at radius 2 is 2.00 bits per heavy atom. The average Bonchev–Trinajstić information content (AvgIpc) is 2.78. The minimum absolute atomic E-state index is 0.164. The summed E-state index contributed by atoms with van der Waals surface area (Å²) in [5, 5.41) is 4.63. The van der Waals surface area contributed by atoms with E-state index in [0.29, 0.717) is 6.07 Å². The quantitative estimate of drug-likeness (QED) is 0.806. The number of rotatable bonds is 3. The predicted octanol–water partition coefficient (Wildman–Crippen LogP) is 4.34. The molecule has 1 nitrogen and oxygen atoms in total. The molecule has 0 saturated heterocycles. The van der Waals surface area contributed by atoms with Crippen LogP contribution in [0.4, 0.5) is 18.9 Å². The summed E-state index contributed by atoms with van der Waals surface area (Å²) in [6.45, 7) is 1.80. The van der Waals surface area contributed by atoms with Crippen LogP contribution >= 0.6 is 11.3 Å². The van der Waals surface area contributed by atoms with E-state index in [2.05, 4.69) is 5.32 Å². The number of nitrogens with one attached hydrogen (secondary N) is 1. The monoisotopic (exact) mass is 257 g/mol. The van der Waals surface area contributed by atoms with Gasteiger partial charge in [0.25, 0.3) is 0 Å². The molecule has 2 aromatic rings. The van der Waals surface area contributed by atoms with E-state index in [1.54, 1.807) is 6.92 Å². The highest BCUT2D eigenvalue weighted by Gasteiger charge is 2.14. The van der Waals surface area contributed by atoms with Crippen LogP contribution in [0, 0.1) is 17.5 Å². The third kappa shape index (κ3) is 2.61. The van der Waals surface area contributed by atoms with Gasteiger partial charge in [0.2, 0.25) is 0 Å². The molecule has 1 heterocycles. The van der Waals surface area contributed by atoms with Gasteiger partial charge < -0.3 is 5.32 Å². The van der Waals surface area contributed by atoms with Crippen LogP contribution in [-0.4, -0.2) is 0 Å². The Balaban J connectivity index is 2.24. The van der Waals surface area contributed by atoms with E-state index in [1.165, 1.54) is 11.3 Å². The summed E-state index contributed by atoms with van der Waals surface area (Å²) >= 11 is 1.49. The first-order chi connectivity index (χ1) is 8.08. The first kappa shape index (κ1) is 12.0. The van der Waals surface area contributed by atoms with E-state index in [9.17, 15) is 13.2 Å². The maximum absolute atomic E-state index is 13.4. The first-order valence-corrected chi connectivity index (χ1v) is 5.90. The molecule has 0 amide bonds. The summed E-state index contributed by atoms with van der Waals surface area (Å²) in [6.07, 6.45) is 0. The van der Waals surface area contributed by atoms with E-state index in [1.807, 2.05) is 17.5 Å². The lowest BCUT2D eigenvalue weighted by Crippen LogP contribution is -2.07. The Morgan fingerprint density at radius 3 is 2.65 bits per heavy atom. The predicted molar refractivity (Wildman–Crippen MR) is 62.7 cm³/mol. The molecule has 0 aliphatic carbocycles. The van der Waals surface area contributed by atoms with Crippen molar-refractivity contribution in [1.82, 2.24) is 0 Å². The van der Waals surface area contributed by atoms with Gasteiger partial charge in [-0.1, -0.05) is 6.07 Å². The van der Waals surface area contributed by atoms with E-state index in [0.717, 1.165) is 10.9 Å². The summed E-state index contributed by atoms with van der Waals surface area (Å²) in [5.41, 5.74) is -0.164. The second-order valence-electron chi connectivity index (χ2n) is 3.63. The number of hydrogen-bond donors (Lipinski definition) is 1. The van der Waals surface area contributed by atoms with Gasteiger partial charge in [-0.3, -0.25) is 0 Å². The van der Waals surface area contributed by atoms with Gasteiger partial charge in [-0.25, -0.2) is 13.2 Å². The van der Waals surface area contributed by atoms with Crippen molar-refractivity contribution in [3.8, 4) is 0 Å². The van der Waals surface area contributed by atoms with Crippen molar-refractivity contribution in [1.29, 1.82) is 0 Å². The van der Waals surface area contributed by atoms with E-state index >= 15 is 0 Å². The Kier molecular flexibility index (Phi) is 3.38. The first-order valence-electron chi connectivity index (χ1n) is 5.02. The molecule has 1 unspecified atom stereocenters. The Labute approximate surface area is 101 Å². The van der Waals surface area contributed by atoms with Gasteiger partial charge in [-0.2, -0.15) is 0 Å². The molecule has 0 aliphatic heterocycles. The van der Waals surface area contributed by atoms with Crippen LogP contribution in [0.1, 0.15) is 17.8 Å². The minimum Gasteiger partial charge on any atom is -0.375 e. The molecule has 0 radical (unpaired) electrons. The van der Waals surface area contributed by atoms with E-state index < -0.39 is 17.5 Å². The van der Waals surface area contributed by atoms with Crippen molar-refractivity contribution in [3.05, 3.63) is 52.0 Å². The Hall–Kier alpha value is -1.49. The summed E-state index contributed by atoms with van der Waals surface area (Å²) in [6, 6.07) is 5.00. The van der Waals surface area contributed by atoms with Gasteiger partial charge in [0.15, 0.2) is 11.6 Å². The van der Waals surface area contributed by atoms with Gasteiger partial charge in [-0.05, 0) is 18.4 Å². The van der Waals surface area contributed by atoms with Crippen molar-refractivity contribution in [2.75, 3.05) is 5.32 Å². The fourth-order valence-electron chi connectivity index (χ4n) is 1.50. The van der Waals surface area contributed by atoms with Crippen LogP contribution in [0.3, 0.4) is 0 Å². The minimum atomic E-state index is -1.19. The molecule has 1 aromatic heterocycles. The maximum Gasteiger partial charge on any atom is 0.182 e. The molecule has 17 heavy (non-hydrogen) atoms. The van der Waals surface area contributed by atoms with E-state index in [-0.39, 0.29) is 11.7 Å². The zero-order chi connectivity index (χ0) is 12.4. The van der Waals surface area contributed by atoms with Gasteiger partial charge in [0.05, 0.1) is 11.7 Å². The second-order valence-corrected chi connectivity index (χ2v) is 4.61. The zero-order valence-corrected chi connectivity index (χ0v) is 9.82. The lowest BCUT2D eigenvalue weighted by molar-refractivity contribution is 0.496. The van der Waals surface area contributed by atoms with Crippen molar-refractivity contribution < 1.29 is 13.2 Å². The molecule has 0 saturated carbocycles. The van der Waals surface area contributed by atoms with Crippen molar-refractivity contribution in [2.24, 2.45) is 0 Å². The van der Waals surface area contributed by atoms with Gasteiger partial charge in [-0.15, -0.1) is 11.3 Å². The smallest absolute Gasteiger partial charge is 0.182 e. The number of benzene rings is 1. The van der Waals surface area contributed by atoms with Crippen molar-refractivity contribution in [3.63, 3.8) is 0 Å². The highest BCUT2D eigenvalue weighted by Crippen LogP contribution is 2.26. The summed E-state index contributed by atoms with van der Waals surface area (Å²) in [5.74, 6) is -3.05. The molecule has 0 spiro atoms. The van der Waals surface area contributed by atoms with Crippen LogP contribution in [0.25, 0.3) is 0 Å². The fraction of sp³-hybridized carbons (Fsp3) is 0.167. The molecule has 0 bridgehead atoms. The Morgan fingerprint density at radius 1 is 1.24 bits per heavy atom. The zero-order valence-electron chi connectivity index (χ0n) is 9.01. The molecular formula is C12H10F3NS. The number of anilines is 1. The summed E-state index contributed by atoms with van der Waals surface area (Å²) in [4.78, 5) is 0.967. The van der Waals surface area contributed by atoms with Gasteiger partial charge in [0.1, 0.15) is 5.82 Å². The average molecular weight is 257 g/mol.